The molecule has 4 rings (SSSR count). The molecule has 168 valence electrons. The second-order valence-electron chi connectivity index (χ2n) is 6.94. The van der Waals surface area contributed by atoms with Gasteiger partial charge in [-0.15, -0.1) is 11.3 Å². The largest absolute Gasteiger partial charge is 0.405 e. The van der Waals surface area contributed by atoms with Crippen molar-refractivity contribution in [2.45, 2.75) is 6.18 Å². The highest BCUT2D eigenvalue weighted by atomic mass is 32.1. The molecule has 0 bridgehead atoms. The van der Waals surface area contributed by atoms with Gasteiger partial charge in [-0.3, -0.25) is 9.59 Å². The van der Waals surface area contributed by atoms with Gasteiger partial charge in [0.2, 0.25) is 0 Å². The van der Waals surface area contributed by atoms with Crippen LogP contribution in [-0.2, 0) is 0 Å². The van der Waals surface area contributed by atoms with E-state index in [-0.39, 0.29) is 16.9 Å². The van der Waals surface area contributed by atoms with Crippen LogP contribution in [0.1, 0.15) is 20.8 Å². The van der Waals surface area contributed by atoms with Gasteiger partial charge in [0.1, 0.15) is 17.9 Å². The summed E-state index contributed by atoms with van der Waals surface area (Å²) in [4.78, 5) is 26.4. The van der Waals surface area contributed by atoms with E-state index in [1.165, 1.54) is 34.2 Å². The van der Waals surface area contributed by atoms with Crippen molar-refractivity contribution in [2.24, 2.45) is 0 Å². The van der Waals surface area contributed by atoms with Crippen LogP contribution in [0.5, 0.6) is 0 Å². The van der Waals surface area contributed by atoms with Crippen LogP contribution in [0.3, 0.4) is 0 Å². The molecule has 0 aliphatic rings. The molecule has 0 saturated carbocycles. The van der Waals surface area contributed by atoms with Crippen LogP contribution in [0, 0.1) is 0 Å². The molecule has 0 aliphatic carbocycles. The number of hydrogen-bond acceptors (Lipinski definition) is 4. The van der Waals surface area contributed by atoms with E-state index in [0.717, 1.165) is 4.88 Å². The third-order valence-corrected chi connectivity index (χ3v) is 5.48. The predicted molar refractivity (Wildman–Crippen MR) is 120 cm³/mol. The number of nitrogens with zero attached hydrogens (tertiary/aromatic N) is 2. The third-order valence-electron chi connectivity index (χ3n) is 4.59. The summed E-state index contributed by atoms with van der Waals surface area (Å²) in [6.07, 6.45) is -4.55. The Balaban J connectivity index is 1.65. The summed E-state index contributed by atoms with van der Waals surface area (Å²) in [5, 5.41) is 10.9. The van der Waals surface area contributed by atoms with Gasteiger partial charge < -0.3 is 10.6 Å². The van der Waals surface area contributed by atoms with Crippen molar-refractivity contribution in [3.8, 4) is 16.3 Å². The van der Waals surface area contributed by atoms with E-state index in [4.69, 9.17) is 0 Å². The third kappa shape index (κ3) is 5.29. The maximum atomic E-state index is 13.2. The average Bonchev–Trinajstić information content (AvgIpc) is 3.48. The minimum atomic E-state index is -4.55. The molecular formula is C23H17F3N4O2S. The Morgan fingerprint density at radius 1 is 0.939 bits per heavy atom. The van der Waals surface area contributed by atoms with Gasteiger partial charge in [0, 0.05) is 0 Å². The van der Waals surface area contributed by atoms with Crippen molar-refractivity contribution < 1.29 is 22.8 Å². The van der Waals surface area contributed by atoms with Crippen molar-refractivity contribution in [1.82, 2.24) is 15.1 Å². The number of benzene rings is 2. The first-order valence-corrected chi connectivity index (χ1v) is 10.6. The Morgan fingerprint density at radius 3 is 2.36 bits per heavy atom. The quantitative estimate of drug-likeness (QED) is 0.410. The molecule has 0 aliphatic heterocycles. The van der Waals surface area contributed by atoms with E-state index in [0.29, 0.717) is 11.4 Å². The van der Waals surface area contributed by atoms with E-state index in [1.807, 2.05) is 41.0 Å². The maximum absolute atomic E-state index is 13.2. The minimum Gasteiger partial charge on any atom is -0.343 e. The molecule has 10 heteroatoms. The van der Waals surface area contributed by atoms with E-state index < -0.39 is 24.5 Å². The number of halogens is 3. The van der Waals surface area contributed by atoms with Crippen LogP contribution < -0.4 is 10.6 Å². The second-order valence-corrected chi connectivity index (χ2v) is 7.88. The van der Waals surface area contributed by atoms with Crippen molar-refractivity contribution in [2.75, 3.05) is 11.9 Å². The average molecular weight is 470 g/mol. The minimum absolute atomic E-state index is 0.0839. The highest BCUT2D eigenvalue weighted by molar-refractivity contribution is 7.13. The summed E-state index contributed by atoms with van der Waals surface area (Å²) in [5.41, 5.74) is 1.45. The van der Waals surface area contributed by atoms with Gasteiger partial charge in [-0.1, -0.05) is 36.4 Å². The predicted octanol–water partition coefficient (Wildman–Crippen LogP) is 5.15. The Labute approximate surface area is 190 Å². The molecule has 2 heterocycles. The zero-order valence-electron chi connectivity index (χ0n) is 17.0. The molecular weight excluding hydrogens is 453 g/mol. The monoisotopic (exact) mass is 470 g/mol. The van der Waals surface area contributed by atoms with Crippen molar-refractivity contribution >= 4 is 28.8 Å². The van der Waals surface area contributed by atoms with E-state index >= 15 is 0 Å². The summed E-state index contributed by atoms with van der Waals surface area (Å²) in [7, 11) is 0. The van der Waals surface area contributed by atoms with Gasteiger partial charge in [-0.05, 0) is 41.8 Å². The Hall–Kier alpha value is -3.92. The molecule has 0 spiro atoms. The molecule has 4 aromatic rings. The molecule has 0 saturated heterocycles. The zero-order chi connectivity index (χ0) is 23.4. The summed E-state index contributed by atoms with van der Waals surface area (Å²) in [6.45, 7) is -1.47. The van der Waals surface area contributed by atoms with Gasteiger partial charge in [0.05, 0.1) is 21.8 Å². The summed E-state index contributed by atoms with van der Waals surface area (Å²) >= 11 is 1.47. The topological polar surface area (TPSA) is 76.0 Å². The van der Waals surface area contributed by atoms with Gasteiger partial charge >= 0.3 is 6.18 Å². The fourth-order valence-corrected chi connectivity index (χ4v) is 3.79. The number of carbonyl (C=O) groups is 2. The Morgan fingerprint density at radius 2 is 1.67 bits per heavy atom. The SMILES string of the molecule is O=C(NCC(F)(F)F)c1ccccc1NC(=O)c1cc(-c2cccs2)nn1-c1ccccc1. The highest BCUT2D eigenvalue weighted by Gasteiger charge is 2.28. The second kappa shape index (κ2) is 9.29. The molecule has 0 unspecified atom stereocenters. The number of thiophene rings is 1. The van der Waals surface area contributed by atoms with Gasteiger partial charge in [0.15, 0.2) is 0 Å². The first-order chi connectivity index (χ1) is 15.8. The van der Waals surface area contributed by atoms with Crippen LogP contribution in [0.4, 0.5) is 18.9 Å². The van der Waals surface area contributed by atoms with Gasteiger partial charge in [0.25, 0.3) is 11.8 Å². The first kappa shape index (κ1) is 22.3. The van der Waals surface area contributed by atoms with Crippen molar-refractivity contribution in [3.05, 3.63) is 89.4 Å². The number of carbonyl (C=O) groups excluding carboxylic acids is 2. The fourth-order valence-electron chi connectivity index (χ4n) is 3.11. The standard InChI is InChI=1S/C23H17F3N4O2S/c24-23(25,26)14-27-21(31)16-9-4-5-10-17(16)28-22(32)19-13-18(20-11-6-12-33-20)29-30(19)15-7-2-1-3-8-15/h1-13H,14H2,(H,27,31)(H,28,32). The van der Waals surface area contributed by atoms with Crippen LogP contribution in [0.15, 0.2) is 78.2 Å². The number of amides is 2. The number of aromatic nitrogens is 2. The Bertz CT molecular complexity index is 1270. The number of anilines is 1. The van der Waals surface area contributed by atoms with Crippen LogP contribution in [-0.4, -0.2) is 34.3 Å². The number of nitrogens with one attached hydrogen (secondary N) is 2. The van der Waals surface area contributed by atoms with Gasteiger partial charge in [-0.2, -0.15) is 18.3 Å². The molecule has 2 aromatic heterocycles. The van der Waals surface area contributed by atoms with E-state index in [9.17, 15) is 22.8 Å². The zero-order valence-corrected chi connectivity index (χ0v) is 17.8. The normalized spacial score (nSPS) is 11.2. The molecule has 2 N–H and O–H groups in total. The molecule has 0 radical (unpaired) electrons. The highest BCUT2D eigenvalue weighted by Crippen LogP contribution is 2.27. The number of rotatable bonds is 6. The van der Waals surface area contributed by atoms with Crippen molar-refractivity contribution in [3.63, 3.8) is 0 Å². The van der Waals surface area contributed by atoms with Crippen molar-refractivity contribution in [1.29, 1.82) is 0 Å². The molecule has 6 nitrogen and oxygen atoms in total. The van der Waals surface area contributed by atoms with Crippen LogP contribution in [0.25, 0.3) is 16.3 Å². The molecule has 2 amide bonds. The van der Waals surface area contributed by atoms with Crippen LogP contribution >= 0.6 is 11.3 Å². The smallest absolute Gasteiger partial charge is 0.343 e. The fraction of sp³-hybridized carbons (Fsp3) is 0.0870. The molecule has 0 fully saturated rings. The Kier molecular flexibility index (Phi) is 6.27. The van der Waals surface area contributed by atoms with E-state index in [2.05, 4.69) is 10.4 Å². The van der Waals surface area contributed by atoms with E-state index in [1.54, 1.807) is 24.3 Å². The number of alkyl halides is 3. The lowest BCUT2D eigenvalue weighted by Crippen LogP contribution is -2.34. The summed E-state index contributed by atoms with van der Waals surface area (Å²) in [5.74, 6) is -1.51. The molecule has 33 heavy (non-hydrogen) atoms. The first-order valence-electron chi connectivity index (χ1n) is 9.76. The summed E-state index contributed by atoms with van der Waals surface area (Å²) in [6, 6.07) is 20.3. The molecule has 0 atom stereocenters. The maximum Gasteiger partial charge on any atom is 0.405 e. The lowest BCUT2D eigenvalue weighted by atomic mass is 10.1. The number of hydrogen-bond donors (Lipinski definition) is 2. The van der Waals surface area contributed by atoms with Gasteiger partial charge in [-0.25, -0.2) is 4.68 Å². The number of para-hydroxylation sites is 2. The molecule has 2 aromatic carbocycles. The summed E-state index contributed by atoms with van der Waals surface area (Å²) < 4.78 is 39.0. The lowest BCUT2D eigenvalue weighted by Gasteiger charge is -2.13. The van der Waals surface area contributed by atoms with Crippen LogP contribution in [0.2, 0.25) is 0 Å². The lowest BCUT2D eigenvalue weighted by molar-refractivity contribution is -0.123.